The molecule has 4 nitrogen and oxygen atoms in total. The second-order valence-electron chi connectivity index (χ2n) is 4.85. The summed E-state index contributed by atoms with van der Waals surface area (Å²) in [6, 6.07) is 0. The minimum Gasteiger partial charge on any atom is -0.469 e. The average Bonchev–Trinajstić information content (AvgIpc) is 2.36. The monoisotopic (exact) mass is 241 g/mol. The SMILES string of the molecule is COC(=O)CCC(=O)N(C)CC1CCCCC1. The van der Waals surface area contributed by atoms with Gasteiger partial charge in [0.2, 0.25) is 5.91 Å². The Morgan fingerprint density at radius 3 is 2.41 bits per heavy atom. The number of rotatable bonds is 5. The first-order chi connectivity index (χ1) is 8.13. The zero-order valence-electron chi connectivity index (χ0n) is 10.9. The van der Waals surface area contributed by atoms with E-state index in [4.69, 9.17) is 0 Å². The predicted molar refractivity (Wildman–Crippen MR) is 65.5 cm³/mol. The maximum absolute atomic E-state index is 11.8. The standard InChI is InChI=1S/C13H23NO3/c1-14(10-11-6-4-3-5-7-11)12(15)8-9-13(16)17-2/h11H,3-10H2,1-2H3. The Morgan fingerprint density at radius 1 is 1.18 bits per heavy atom. The first kappa shape index (κ1) is 14.0. The quantitative estimate of drug-likeness (QED) is 0.691. The summed E-state index contributed by atoms with van der Waals surface area (Å²) in [6.07, 6.45) is 6.81. The number of hydrogen-bond acceptors (Lipinski definition) is 3. The normalized spacial score (nSPS) is 16.6. The van der Waals surface area contributed by atoms with Crippen LogP contribution < -0.4 is 0 Å². The van der Waals surface area contributed by atoms with Gasteiger partial charge in [0.15, 0.2) is 0 Å². The fourth-order valence-corrected chi connectivity index (χ4v) is 2.36. The molecule has 17 heavy (non-hydrogen) atoms. The number of methoxy groups -OCH3 is 1. The number of carbonyl (C=O) groups is 2. The van der Waals surface area contributed by atoms with Crippen molar-refractivity contribution in [1.82, 2.24) is 4.90 Å². The fraction of sp³-hybridized carbons (Fsp3) is 0.846. The van der Waals surface area contributed by atoms with Crippen LogP contribution in [0.3, 0.4) is 0 Å². The van der Waals surface area contributed by atoms with Crippen molar-refractivity contribution in [2.45, 2.75) is 44.9 Å². The van der Waals surface area contributed by atoms with Crippen molar-refractivity contribution in [3.63, 3.8) is 0 Å². The number of ether oxygens (including phenoxy) is 1. The minimum absolute atomic E-state index is 0.0426. The van der Waals surface area contributed by atoms with Gasteiger partial charge in [0.1, 0.15) is 0 Å². The molecule has 1 amide bonds. The third-order valence-electron chi connectivity index (χ3n) is 3.45. The lowest BCUT2D eigenvalue weighted by molar-refractivity contribution is -0.143. The van der Waals surface area contributed by atoms with E-state index in [1.54, 1.807) is 4.90 Å². The van der Waals surface area contributed by atoms with Gasteiger partial charge in [-0.3, -0.25) is 9.59 Å². The molecule has 1 fully saturated rings. The van der Waals surface area contributed by atoms with Gasteiger partial charge in [-0.2, -0.15) is 0 Å². The number of esters is 1. The van der Waals surface area contributed by atoms with E-state index in [1.807, 2.05) is 7.05 Å². The van der Waals surface area contributed by atoms with Crippen molar-refractivity contribution in [3.8, 4) is 0 Å². The maximum atomic E-state index is 11.8. The molecule has 98 valence electrons. The van der Waals surface area contributed by atoms with Crippen LogP contribution in [0.25, 0.3) is 0 Å². The Hall–Kier alpha value is -1.06. The second kappa shape index (κ2) is 7.30. The molecule has 1 aliphatic rings. The van der Waals surface area contributed by atoms with Crippen LogP contribution in [-0.2, 0) is 14.3 Å². The molecule has 0 heterocycles. The van der Waals surface area contributed by atoms with Crippen LogP contribution in [0, 0.1) is 5.92 Å². The predicted octanol–water partition coefficient (Wildman–Crippen LogP) is 1.98. The molecular formula is C13H23NO3. The summed E-state index contributed by atoms with van der Waals surface area (Å²) in [5, 5.41) is 0. The molecule has 0 bridgehead atoms. The number of amides is 1. The molecule has 0 aromatic rings. The van der Waals surface area contributed by atoms with Crippen LogP contribution in [0.4, 0.5) is 0 Å². The number of hydrogen-bond donors (Lipinski definition) is 0. The molecule has 1 rings (SSSR count). The van der Waals surface area contributed by atoms with Crippen LogP contribution in [-0.4, -0.2) is 37.5 Å². The van der Waals surface area contributed by atoms with Crippen molar-refractivity contribution in [2.75, 3.05) is 20.7 Å². The van der Waals surface area contributed by atoms with E-state index in [-0.39, 0.29) is 24.7 Å². The van der Waals surface area contributed by atoms with Gasteiger partial charge in [0, 0.05) is 20.0 Å². The smallest absolute Gasteiger partial charge is 0.306 e. The summed E-state index contributed by atoms with van der Waals surface area (Å²) in [5.41, 5.74) is 0. The Labute approximate surface area is 103 Å². The van der Waals surface area contributed by atoms with E-state index in [0.29, 0.717) is 5.92 Å². The Balaban J connectivity index is 2.23. The van der Waals surface area contributed by atoms with Gasteiger partial charge < -0.3 is 9.64 Å². The van der Waals surface area contributed by atoms with Crippen LogP contribution >= 0.6 is 0 Å². The summed E-state index contributed by atoms with van der Waals surface area (Å²) in [6.45, 7) is 0.833. The summed E-state index contributed by atoms with van der Waals surface area (Å²) >= 11 is 0. The van der Waals surface area contributed by atoms with Crippen molar-refractivity contribution < 1.29 is 14.3 Å². The Kier molecular flexibility index (Phi) is 6.01. The molecular weight excluding hydrogens is 218 g/mol. The number of nitrogens with zero attached hydrogens (tertiary/aromatic N) is 1. The van der Waals surface area contributed by atoms with Gasteiger partial charge in [-0.1, -0.05) is 19.3 Å². The topological polar surface area (TPSA) is 46.6 Å². The summed E-state index contributed by atoms with van der Waals surface area (Å²) in [5.74, 6) is 0.376. The van der Waals surface area contributed by atoms with E-state index < -0.39 is 0 Å². The molecule has 0 spiro atoms. The summed E-state index contributed by atoms with van der Waals surface area (Å²) < 4.78 is 4.52. The van der Waals surface area contributed by atoms with Gasteiger partial charge in [-0.05, 0) is 18.8 Å². The lowest BCUT2D eigenvalue weighted by atomic mass is 9.89. The van der Waals surface area contributed by atoms with Crippen LogP contribution in [0.2, 0.25) is 0 Å². The highest BCUT2D eigenvalue weighted by Crippen LogP contribution is 2.24. The zero-order valence-corrected chi connectivity index (χ0v) is 10.9. The molecule has 0 atom stereocenters. The largest absolute Gasteiger partial charge is 0.469 e. The lowest BCUT2D eigenvalue weighted by Gasteiger charge is -2.27. The molecule has 0 aliphatic heterocycles. The van der Waals surface area contributed by atoms with Gasteiger partial charge in [0.05, 0.1) is 13.5 Å². The maximum Gasteiger partial charge on any atom is 0.306 e. The summed E-state index contributed by atoms with van der Waals surface area (Å²) in [4.78, 5) is 24.5. The van der Waals surface area contributed by atoms with Crippen molar-refractivity contribution >= 4 is 11.9 Å². The molecule has 1 aliphatic carbocycles. The van der Waals surface area contributed by atoms with E-state index in [1.165, 1.54) is 39.2 Å². The molecule has 0 aromatic heterocycles. The molecule has 1 saturated carbocycles. The molecule has 0 saturated heterocycles. The molecule has 0 N–H and O–H groups in total. The van der Waals surface area contributed by atoms with E-state index in [9.17, 15) is 9.59 Å². The fourth-order valence-electron chi connectivity index (χ4n) is 2.36. The van der Waals surface area contributed by atoms with Crippen molar-refractivity contribution in [3.05, 3.63) is 0 Å². The lowest BCUT2D eigenvalue weighted by Crippen LogP contribution is -2.32. The highest BCUT2D eigenvalue weighted by molar-refractivity contribution is 5.81. The van der Waals surface area contributed by atoms with Gasteiger partial charge >= 0.3 is 5.97 Å². The van der Waals surface area contributed by atoms with Crippen molar-refractivity contribution in [2.24, 2.45) is 5.92 Å². The van der Waals surface area contributed by atoms with Gasteiger partial charge in [0.25, 0.3) is 0 Å². The molecule has 0 radical (unpaired) electrons. The number of carbonyl (C=O) groups excluding carboxylic acids is 2. The first-order valence-corrected chi connectivity index (χ1v) is 6.44. The second-order valence-corrected chi connectivity index (χ2v) is 4.85. The zero-order chi connectivity index (χ0) is 12.7. The van der Waals surface area contributed by atoms with E-state index >= 15 is 0 Å². The van der Waals surface area contributed by atoms with E-state index in [2.05, 4.69) is 4.74 Å². The van der Waals surface area contributed by atoms with Gasteiger partial charge in [-0.25, -0.2) is 0 Å². The first-order valence-electron chi connectivity index (χ1n) is 6.44. The van der Waals surface area contributed by atoms with Gasteiger partial charge in [-0.15, -0.1) is 0 Å². The molecule has 4 heteroatoms. The van der Waals surface area contributed by atoms with Crippen LogP contribution in [0.1, 0.15) is 44.9 Å². The Bertz CT molecular complexity index is 259. The highest BCUT2D eigenvalue weighted by Gasteiger charge is 2.18. The molecule has 0 unspecified atom stereocenters. The third kappa shape index (κ3) is 5.20. The molecule has 0 aromatic carbocycles. The van der Waals surface area contributed by atoms with Crippen LogP contribution in [0.15, 0.2) is 0 Å². The van der Waals surface area contributed by atoms with Crippen LogP contribution in [0.5, 0.6) is 0 Å². The van der Waals surface area contributed by atoms with E-state index in [0.717, 1.165) is 6.54 Å². The average molecular weight is 241 g/mol. The Morgan fingerprint density at radius 2 is 1.82 bits per heavy atom. The highest BCUT2D eigenvalue weighted by atomic mass is 16.5. The summed E-state index contributed by atoms with van der Waals surface area (Å²) in [7, 11) is 3.17. The van der Waals surface area contributed by atoms with Crippen molar-refractivity contribution in [1.29, 1.82) is 0 Å². The minimum atomic E-state index is -0.315. The third-order valence-corrected chi connectivity index (χ3v) is 3.45.